The van der Waals surface area contributed by atoms with Gasteiger partial charge in [-0.05, 0) is 38.0 Å². The molecule has 1 saturated carbocycles. The summed E-state index contributed by atoms with van der Waals surface area (Å²) in [5, 5.41) is 11.5. The summed E-state index contributed by atoms with van der Waals surface area (Å²) in [7, 11) is 0. The zero-order valence-electron chi connectivity index (χ0n) is 11.9. The maximum Gasteiger partial charge on any atom is 0.338 e. The van der Waals surface area contributed by atoms with Gasteiger partial charge in [0.15, 0.2) is 0 Å². The Kier molecular flexibility index (Phi) is 4.77. The second kappa shape index (κ2) is 6.56. The molecule has 114 valence electrons. The van der Waals surface area contributed by atoms with Gasteiger partial charge in [0.1, 0.15) is 5.82 Å². The zero-order valence-corrected chi connectivity index (χ0v) is 11.9. The quantitative estimate of drug-likeness (QED) is 0.895. The molecular formula is C15H19FN2O3. The Morgan fingerprint density at radius 1 is 1.38 bits per heavy atom. The van der Waals surface area contributed by atoms with Crippen molar-refractivity contribution in [1.29, 1.82) is 0 Å². The van der Waals surface area contributed by atoms with Gasteiger partial charge in [0.25, 0.3) is 0 Å². The van der Waals surface area contributed by atoms with E-state index in [1.54, 1.807) is 4.90 Å². The number of nitrogens with one attached hydrogen (secondary N) is 1. The summed E-state index contributed by atoms with van der Waals surface area (Å²) in [6, 6.07) is 3.51. The third-order valence-corrected chi connectivity index (χ3v) is 3.82. The molecule has 2 rings (SSSR count). The Bertz CT molecular complexity index is 542. The van der Waals surface area contributed by atoms with Crippen LogP contribution in [0.3, 0.4) is 0 Å². The van der Waals surface area contributed by atoms with Crippen LogP contribution >= 0.6 is 0 Å². The van der Waals surface area contributed by atoms with Crippen LogP contribution in [0.25, 0.3) is 0 Å². The number of benzene rings is 1. The number of hydrogen-bond donors (Lipinski definition) is 2. The fourth-order valence-electron chi connectivity index (χ4n) is 2.75. The van der Waals surface area contributed by atoms with Gasteiger partial charge < -0.3 is 15.3 Å². The standard InChI is InChI=1S/C15H19FN2O3/c1-2-18(11-5-3-4-6-11)15(21)17-10-7-8-13(16)12(9-10)14(19)20/h7-9,11H,2-6H2,1H3,(H,17,21)(H,19,20). The highest BCUT2D eigenvalue weighted by atomic mass is 19.1. The summed E-state index contributed by atoms with van der Waals surface area (Å²) < 4.78 is 13.3. The van der Waals surface area contributed by atoms with Crippen LogP contribution in [-0.2, 0) is 0 Å². The number of nitrogens with zero attached hydrogens (tertiary/aromatic N) is 1. The van der Waals surface area contributed by atoms with Crippen LogP contribution in [-0.4, -0.2) is 34.6 Å². The Hall–Kier alpha value is -2.11. The van der Waals surface area contributed by atoms with E-state index in [1.165, 1.54) is 6.07 Å². The molecule has 6 heteroatoms. The molecule has 1 aliphatic carbocycles. The Balaban J connectivity index is 2.11. The SMILES string of the molecule is CCN(C(=O)Nc1ccc(F)c(C(=O)O)c1)C1CCCC1. The van der Waals surface area contributed by atoms with Gasteiger partial charge in [-0.25, -0.2) is 14.0 Å². The molecule has 1 aliphatic rings. The minimum Gasteiger partial charge on any atom is -0.478 e. The Morgan fingerprint density at radius 3 is 2.62 bits per heavy atom. The molecule has 0 saturated heterocycles. The van der Waals surface area contributed by atoms with Gasteiger partial charge in [0.05, 0.1) is 5.56 Å². The summed E-state index contributed by atoms with van der Waals surface area (Å²) in [6.45, 7) is 2.49. The van der Waals surface area contributed by atoms with Gasteiger partial charge in [0, 0.05) is 18.3 Å². The predicted octanol–water partition coefficient (Wildman–Crippen LogP) is 3.32. The van der Waals surface area contributed by atoms with Crippen molar-refractivity contribution < 1.29 is 19.1 Å². The number of urea groups is 1. The van der Waals surface area contributed by atoms with Crippen LogP contribution in [0.4, 0.5) is 14.9 Å². The van der Waals surface area contributed by atoms with Gasteiger partial charge in [-0.15, -0.1) is 0 Å². The van der Waals surface area contributed by atoms with Crippen molar-refractivity contribution in [3.63, 3.8) is 0 Å². The minimum atomic E-state index is -1.35. The monoisotopic (exact) mass is 294 g/mol. The number of carbonyl (C=O) groups is 2. The third-order valence-electron chi connectivity index (χ3n) is 3.82. The second-order valence-corrected chi connectivity index (χ2v) is 5.15. The molecule has 0 aliphatic heterocycles. The first-order chi connectivity index (χ1) is 10.0. The predicted molar refractivity (Wildman–Crippen MR) is 77.0 cm³/mol. The highest BCUT2D eigenvalue weighted by Crippen LogP contribution is 2.24. The molecule has 21 heavy (non-hydrogen) atoms. The molecular weight excluding hydrogens is 275 g/mol. The smallest absolute Gasteiger partial charge is 0.338 e. The molecule has 0 unspecified atom stereocenters. The van der Waals surface area contributed by atoms with Gasteiger partial charge in [-0.1, -0.05) is 12.8 Å². The van der Waals surface area contributed by atoms with Crippen LogP contribution in [0.5, 0.6) is 0 Å². The number of carbonyl (C=O) groups excluding carboxylic acids is 1. The third kappa shape index (κ3) is 3.51. The molecule has 0 heterocycles. The number of anilines is 1. The number of carboxylic acids is 1. The maximum atomic E-state index is 13.3. The summed E-state index contributed by atoms with van der Waals surface area (Å²) in [5.74, 6) is -2.17. The molecule has 0 bridgehead atoms. The molecule has 0 atom stereocenters. The molecule has 2 amide bonds. The summed E-state index contributed by atoms with van der Waals surface area (Å²) in [6.07, 6.45) is 4.22. The van der Waals surface area contributed by atoms with Crippen LogP contribution in [0.15, 0.2) is 18.2 Å². The fourth-order valence-corrected chi connectivity index (χ4v) is 2.75. The first kappa shape index (κ1) is 15.3. The molecule has 1 aromatic carbocycles. The van der Waals surface area contributed by atoms with Crippen molar-refractivity contribution in [3.8, 4) is 0 Å². The van der Waals surface area contributed by atoms with Crippen molar-refractivity contribution in [3.05, 3.63) is 29.6 Å². The van der Waals surface area contributed by atoms with E-state index in [-0.39, 0.29) is 17.8 Å². The maximum absolute atomic E-state index is 13.3. The van der Waals surface area contributed by atoms with Crippen LogP contribution in [0, 0.1) is 5.82 Å². The normalized spacial score (nSPS) is 15.0. The molecule has 1 fully saturated rings. The fraction of sp³-hybridized carbons (Fsp3) is 0.467. The van der Waals surface area contributed by atoms with Crippen molar-refractivity contribution in [2.75, 3.05) is 11.9 Å². The molecule has 0 aromatic heterocycles. The first-order valence-electron chi connectivity index (χ1n) is 7.13. The van der Waals surface area contributed by atoms with Crippen molar-refractivity contribution in [2.45, 2.75) is 38.6 Å². The topological polar surface area (TPSA) is 69.6 Å². The molecule has 0 radical (unpaired) electrons. The zero-order chi connectivity index (χ0) is 15.4. The lowest BCUT2D eigenvalue weighted by Crippen LogP contribution is -2.41. The first-order valence-corrected chi connectivity index (χ1v) is 7.13. The van der Waals surface area contributed by atoms with E-state index in [1.807, 2.05) is 6.92 Å². The number of carboxylic acid groups (broad SMARTS) is 1. The number of halogens is 1. The summed E-state index contributed by atoms with van der Waals surface area (Å²) in [5.41, 5.74) is -0.160. The van der Waals surface area contributed by atoms with Gasteiger partial charge in [-0.2, -0.15) is 0 Å². The molecule has 0 spiro atoms. The average Bonchev–Trinajstić information content (AvgIpc) is 2.95. The minimum absolute atomic E-state index is 0.231. The lowest BCUT2D eigenvalue weighted by molar-refractivity contribution is 0.0692. The molecule has 5 nitrogen and oxygen atoms in total. The van der Waals surface area contributed by atoms with E-state index in [4.69, 9.17) is 5.11 Å². The lowest BCUT2D eigenvalue weighted by Gasteiger charge is -2.27. The second-order valence-electron chi connectivity index (χ2n) is 5.15. The van der Waals surface area contributed by atoms with Gasteiger partial charge >= 0.3 is 12.0 Å². The van der Waals surface area contributed by atoms with Crippen LogP contribution in [0.2, 0.25) is 0 Å². The summed E-state index contributed by atoms with van der Waals surface area (Å²) >= 11 is 0. The summed E-state index contributed by atoms with van der Waals surface area (Å²) in [4.78, 5) is 24.9. The van der Waals surface area contributed by atoms with Crippen LogP contribution in [0.1, 0.15) is 43.0 Å². The van der Waals surface area contributed by atoms with Crippen molar-refractivity contribution in [2.24, 2.45) is 0 Å². The number of aromatic carboxylic acids is 1. The van der Waals surface area contributed by atoms with E-state index in [2.05, 4.69) is 5.32 Å². The number of hydrogen-bond acceptors (Lipinski definition) is 2. The van der Waals surface area contributed by atoms with E-state index >= 15 is 0 Å². The van der Waals surface area contributed by atoms with Crippen LogP contribution < -0.4 is 5.32 Å². The lowest BCUT2D eigenvalue weighted by atomic mass is 10.2. The van der Waals surface area contributed by atoms with E-state index < -0.39 is 17.3 Å². The van der Waals surface area contributed by atoms with E-state index in [0.717, 1.165) is 37.8 Å². The van der Waals surface area contributed by atoms with Gasteiger partial charge in [-0.3, -0.25) is 0 Å². The van der Waals surface area contributed by atoms with Crippen molar-refractivity contribution in [1.82, 2.24) is 4.90 Å². The molecule has 2 N–H and O–H groups in total. The van der Waals surface area contributed by atoms with Crippen molar-refractivity contribution >= 4 is 17.7 Å². The molecule has 1 aromatic rings. The Labute approximate surface area is 122 Å². The van der Waals surface area contributed by atoms with E-state index in [9.17, 15) is 14.0 Å². The number of amides is 2. The van der Waals surface area contributed by atoms with Gasteiger partial charge in [0.2, 0.25) is 0 Å². The van der Waals surface area contributed by atoms with E-state index in [0.29, 0.717) is 6.54 Å². The Morgan fingerprint density at radius 2 is 2.05 bits per heavy atom. The highest BCUT2D eigenvalue weighted by Gasteiger charge is 2.25. The number of rotatable bonds is 4. The largest absolute Gasteiger partial charge is 0.478 e. The average molecular weight is 294 g/mol. The highest BCUT2D eigenvalue weighted by molar-refractivity contribution is 5.93.